The molecule has 1 aliphatic rings. The monoisotopic (exact) mass is 394 g/mol. The van der Waals surface area contributed by atoms with Crippen LogP contribution in [-0.4, -0.2) is 21.8 Å². The Kier molecular flexibility index (Phi) is 5.69. The molecular weight excluding hydrogens is 364 g/mol. The Morgan fingerprint density at radius 1 is 1.03 bits per heavy atom. The molecule has 0 aliphatic heterocycles. The first-order valence-corrected chi connectivity index (χ1v) is 10.6. The van der Waals surface area contributed by atoms with Gasteiger partial charge >= 0.3 is 0 Å². The van der Waals surface area contributed by atoms with E-state index in [4.69, 9.17) is 9.05 Å². The maximum atomic E-state index is 5.53. The fraction of sp³-hybridized carbons (Fsp3) is 0.522. The minimum atomic E-state index is -0.0884. The van der Waals surface area contributed by atoms with Crippen LogP contribution in [0.4, 0.5) is 5.69 Å². The largest absolute Gasteiger partial charge is 0.385 e. The third kappa shape index (κ3) is 5.25. The number of benzene rings is 1. The summed E-state index contributed by atoms with van der Waals surface area (Å²) in [5.74, 6) is 2.99. The third-order valence-electron chi connectivity index (χ3n) is 5.19. The predicted molar refractivity (Wildman–Crippen MR) is 113 cm³/mol. The molecule has 0 radical (unpaired) electrons. The van der Waals surface area contributed by atoms with Gasteiger partial charge in [-0.1, -0.05) is 49.6 Å². The first kappa shape index (κ1) is 19.7. The van der Waals surface area contributed by atoms with Crippen LogP contribution in [0.3, 0.4) is 0 Å². The Morgan fingerprint density at radius 3 is 2.66 bits per heavy atom. The van der Waals surface area contributed by atoms with Crippen molar-refractivity contribution in [2.75, 3.05) is 11.9 Å². The maximum Gasteiger partial charge on any atom is 0.232 e. The van der Waals surface area contributed by atoms with E-state index in [1.807, 2.05) is 0 Å². The van der Waals surface area contributed by atoms with Gasteiger partial charge in [-0.2, -0.15) is 4.98 Å². The number of anilines is 1. The molecule has 1 aliphatic carbocycles. The molecule has 0 saturated heterocycles. The van der Waals surface area contributed by atoms with Gasteiger partial charge in [0.05, 0.1) is 5.69 Å². The molecule has 2 heterocycles. The molecule has 29 heavy (non-hydrogen) atoms. The van der Waals surface area contributed by atoms with Crippen LogP contribution in [0.1, 0.15) is 76.2 Å². The molecular formula is C23H30N4O2. The molecule has 1 saturated carbocycles. The van der Waals surface area contributed by atoms with Crippen molar-refractivity contribution >= 4 is 5.69 Å². The molecule has 0 spiro atoms. The molecule has 3 aromatic rings. The van der Waals surface area contributed by atoms with Crippen LogP contribution in [0.25, 0.3) is 11.3 Å². The molecule has 1 fully saturated rings. The number of aromatic nitrogens is 3. The lowest BCUT2D eigenvalue weighted by molar-refractivity contribution is 0.318. The number of rotatable bonds is 9. The van der Waals surface area contributed by atoms with Crippen molar-refractivity contribution in [2.24, 2.45) is 0 Å². The van der Waals surface area contributed by atoms with Gasteiger partial charge in [-0.05, 0) is 37.8 Å². The standard InChI is InChI=1S/C23H30N4O2/c1-23(2,3)22-25-21(27-29-22)10-5-4-6-13-24-18-9-7-8-17(14-18)20-15-19(26-28-20)16-11-12-16/h7-9,14-16,24H,4-6,10-13H2,1-3H3. The first-order valence-electron chi connectivity index (χ1n) is 10.6. The summed E-state index contributed by atoms with van der Waals surface area (Å²) >= 11 is 0. The summed E-state index contributed by atoms with van der Waals surface area (Å²) in [5.41, 5.74) is 3.19. The zero-order valence-electron chi connectivity index (χ0n) is 17.6. The van der Waals surface area contributed by atoms with Crippen LogP contribution in [0.2, 0.25) is 0 Å². The fourth-order valence-electron chi connectivity index (χ4n) is 3.26. The highest BCUT2D eigenvalue weighted by Crippen LogP contribution is 2.40. The smallest absolute Gasteiger partial charge is 0.232 e. The summed E-state index contributed by atoms with van der Waals surface area (Å²) in [6.45, 7) is 7.19. The van der Waals surface area contributed by atoms with Gasteiger partial charge in [0.15, 0.2) is 11.6 Å². The second-order valence-electron chi connectivity index (χ2n) is 8.97. The van der Waals surface area contributed by atoms with E-state index < -0.39 is 0 Å². The Balaban J connectivity index is 1.19. The van der Waals surface area contributed by atoms with Gasteiger partial charge in [-0.3, -0.25) is 0 Å². The summed E-state index contributed by atoms with van der Waals surface area (Å²) in [5, 5.41) is 11.8. The van der Waals surface area contributed by atoms with Crippen molar-refractivity contribution in [1.82, 2.24) is 15.3 Å². The van der Waals surface area contributed by atoms with E-state index in [0.29, 0.717) is 11.8 Å². The first-order chi connectivity index (χ1) is 14.0. The molecule has 4 rings (SSSR count). The predicted octanol–water partition coefficient (Wildman–Crippen LogP) is 5.72. The van der Waals surface area contributed by atoms with Crippen LogP contribution >= 0.6 is 0 Å². The fourth-order valence-corrected chi connectivity index (χ4v) is 3.26. The number of hydrogen-bond donors (Lipinski definition) is 1. The lowest BCUT2D eigenvalue weighted by Gasteiger charge is -2.10. The second-order valence-corrected chi connectivity index (χ2v) is 8.97. The molecule has 1 aromatic carbocycles. The Morgan fingerprint density at radius 2 is 1.90 bits per heavy atom. The Labute approximate surface area is 172 Å². The van der Waals surface area contributed by atoms with Crippen LogP contribution in [-0.2, 0) is 11.8 Å². The van der Waals surface area contributed by atoms with Gasteiger partial charge in [0, 0.05) is 41.6 Å². The summed E-state index contributed by atoms with van der Waals surface area (Å²) in [7, 11) is 0. The van der Waals surface area contributed by atoms with Crippen molar-refractivity contribution in [3.8, 4) is 11.3 Å². The molecule has 2 aromatic heterocycles. The molecule has 0 bridgehead atoms. The van der Waals surface area contributed by atoms with Crippen molar-refractivity contribution in [1.29, 1.82) is 0 Å². The van der Waals surface area contributed by atoms with Crippen molar-refractivity contribution in [3.05, 3.63) is 47.7 Å². The highest BCUT2D eigenvalue weighted by Gasteiger charge is 2.27. The molecule has 0 unspecified atom stereocenters. The van der Waals surface area contributed by atoms with Crippen molar-refractivity contribution in [2.45, 2.75) is 70.6 Å². The summed E-state index contributed by atoms with van der Waals surface area (Å²) in [6, 6.07) is 10.4. The van der Waals surface area contributed by atoms with Gasteiger partial charge in [0.2, 0.25) is 5.89 Å². The zero-order valence-corrected chi connectivity index (χ0v) is 17.6. The molecule has 154 valence electrons. The van der Waals surface area contributed by atoms with E-state index in [0.717, 1.165) is 60.8 Å². The lowest BCUT2D eigenvalue weighted by Crippen LogP contribution is -2.11. The van der Waals surface area contributed by atoms with Crippen LogP contribution in [0, 0.1) is 0 Å². The third-order valence-corrected chi connectivity index (χ3v) is 5.19. The minimum absolute atomic E-state index is 0.0884. The highest BCUT2D eigenvalue weighted by atomic mass is 16.5. The van der Waals surface area contributed by atoms with E-state index in [9.17, 15) is 0 Å². The Hall–Kier alpha value is -2.63. The molecule has 0 amide bonds. The number of aryl methyl sites for hydroxylation is 1. The van der Waals surface area contributed by atoms with Crippen LogP contribution in [0.15, 0.2) is 39.4 Å². The minimum Gasteiger partial charge on any atom is -0.385 e. The van der Waals surface area contributed by atoms with E-state index in [2.05, 4.69) is 71.7 Å². The Bertz CT molecular complexity index is 934. The normalized spacial score (nSPS) is 14.3. The van der Waals surface area contributed by atoms with Gasteiger partial charge in [-0.15, -0.1) is 0 Å². The second kappa shape index (κ2) is 8.39. The molecule has 0 atom stereocenters. The summed E-state index contributed by atoms with van der Waals surface area (Å²) in [4.78, 5) is 4.49. The van der Waals surface area contributed by atoms with E-state index in [1.165, 1.54) is 12.8 Å². The number of hydrogen-bond acceptors (Lipinski definition) is 6. The molecule has 6 heteroatoms. The van der Waals surface area contributed by atoms with Crippen LogP contribution in [0.5, 0.6) is 0 Å². The van der Waals surface area contributed by atoms with Gasteiger partial charge < -0.3 is 14.4 Å². The average molecular weight is 395 g/mol. The van der Waals surface area contributed by atoms with E-state index >= 15 is 0 Å². The van der Waals surface area contributed by atoms with Crippen molar-refractivity contribution < 1.29 is 9.05 Å². The van der Waals surface area contributed by atoms with Gasteiger partial charge in [0.1, 0.15) is 0 Å². The topological polar surface area (TPSA) is 77.0 Å². The zero-order chi connectivity index (χ0) is 20.3. The SMILES string of the molecule is CC(C)(C)c1nc(CCCCCNc2cccc(-c3cc(C4CC4)no3)c2)no1. The maximum absolute atomic E-state index is 5.53. The lowest BCUT2D eigenvalue weighted by atomic mass is 9.97. The molecule has 6 nitrogen and oxygen atoms in total. The number of unbranched alkanes of at least 4 members (excludes halogenated alkanes) is 2. The average Bonchev–Trinajstić information content (AvgIpc) is 3.22. The number of nitrogens with zero attached hydrogens (tertiary/aromatic N) is 3. The van der Waals surface area contributed by atoms with E-state index in [1.54, 1.807) is 0 Å². The van der Waals surface area contributed by atoms with Gasteiger partial charge in [0.25, 0.3) is 0 Å². The summed E-state index contributed by atoms with van der Waals surface area (Å²) in [6.07, 6.45) is 6.62. The highest BCUT2D eigenvalue weighted by molar-refractivity contribution is 5.64. The quantitative estimate of drug-likeness (QED) is 0.467. The molecule has 1 N–H and O–H groups in total. The summed E-state index contributed by atoms with van der Waals surface area (Å²) < 4.78 is 10.9. The van der Waals surface area contributed by atoms with Gasteiger partial charge in [-0.25, -0.2) is 0 Å². The number of nitrogens with one attached hydrogen (secondary N) is 1. The van der Waals surface area contributed by atoms with E-state index in [-0.39, 0.29) is 5.41 Å². The van der Waals surface area contributed by atoms with Crippen molar-refractivity contribution in [3.63, 3.8) is 0 Å². The van der Waals surface area contributed by atoms with Crippen LogP contribution < -0.4 is 5.32 Å².